The van der Waals surface area contributed by atoms with Crippen molar-refractivity contribution in [3.63, 3.8) is 0 Å². The molecule has 6 heteroatoms. The molecule has 0 atom stereocenters. The van der Waals surface area contributed by atoms with Gasteiger partial charge in [-0.05, 0) is 36.4 Å². The summed E-state index contributed by atoms with van der Waals surface area (Å²) >= 11 is 3.31. The number of carboxylic acid groups (broad SMARTS) is 1. The summed E-state index contributed by atoms with van der Waals surface area (Å²) in [5, 5.41) is 11.4. The van der Waals surface area contributed by atoms with Crippen molar-refractivity contribution in [3.05, 3.63) is 64.6 Å². The smallest absolute Gasteiger partial charge is 0.328 e. The molecule has 2 N–H and O–H groups in total. The van der Waals surface area contributed by atoms with Crippen LogP contribution < -0.4 is 10.1 Å². The minimum absolute atomic E-state index is 0.176. The van der Waals surface area contributed by atoms with Gasteiger partial charge in [-0.2, -0.15) is 0 Å². The van der Waals surface area contributed by atoms with E-state index in [0.29, 0.717) is 17.0 Å². The van der Waals surface area contributed by atoms with Crippen LogP contribution in [0.25, 0.3) is 6.08 Å². The number of para-hydroxylation sites is 1. The van der Waals surface area contributed by atoms with E-state index in [1.54, 1.807) is 30.3 Å². The molecule has 0 unspecified atom stereocenters. The highest BCUT2D eigenvalue weighted by Crippen LogP contribution is 2.24. The number of hydrogen-bond donors (Lipinski definition) is 2. The Bertz CT molecular complexity index is 729. The first-order chi connectivity index (χ1) is 11.0. The van der Waals surface area contributed by atoms with Crippen LogP contribution in [0.4, 0.5) is 5.69 Å². The van der Waals surface area contributed by atoms with Gasteiger partial charge in [0.25, 0.3) is 5.91 Å². The highest BCUT2D eigenvalue weighted by Gasteiger charge is 2.07. The van der Waals surface area contributed by atoms with E-state index in [9.17, 15) is 9.59 Å². The van der Waals surface area contributed by atoms with E-state index in [1.165, 1.54) is 6.08 Å². The van der Waals surface area contributed by atoms with Crippen molar-refractivity contribution in [3.8, 4) is 5.75 Å². The molecule has 23 heavy (non-hydrogen) atoms. The van der Waals surface area contributed by atoms with E-state index in [2.05, 4.69) is 21.2 Å². The van der Waals surface area contributed by atoms with Crippen LogP contribution in [-0.2, 0) is 9.59 Å². The number of carbonyl (C=O) groups is 2. The van der Waals surface area contributed by atoms with E-state index in [1.807, 2.05) is 18.2 Å². The Hall–Kier alpha value is -2.60. The zero-order valence-corrected chi connectivity index (χ0v) is 13.6. The summed E-state index contributed by atoms with van der Waals surface area (Å²) in [6, 6.07) is 14.2. The first-order valence-electron chi connectivity index (χ1n) is 6.73. The lowest BCUT2D eigenvalue weighted by atomic mass is 10.2. The summed E-state index contributed by atoms with van der Waals surface area (Å²) in [5.41, 5.74) is 1.25. The third-order valence-corrected chi connectivity index (χ3v) is 3.29. The Balaban J connectivity index is 2.02. The van der Waals surface area contributed by atoms with E-state index in [0.717, 1.165) is 10.5 Å². The van der Waals surface area contributed by atoms with Crippen LogP contribution >= 0.6 is 15.9 Å². The maximum Gasteiger partial charge on any atom is 0.328 e. The van der Waals surface area contributed by atoms with Gasteiger partial charge in [-0.3, -0.25) is 4.79 Å². The highest BCUT2D eigenvalue weighted by molar-refractivity contribution is 9.10. The maximum atomic E-state index is 11.9. The number of benzene rings is 2. The molecular formula is C17H14BrNO4. The van der Waals surface area contributed by atoms with Crippen LogP contribution in [0.2, 0.25) is 0 Å². The lowest BCUT2D eigenvalue weighted by Crippen LogP contribution is -2.20. The van der Waals surface area contributed by atoms with Gasteiger partial charge >= 0.3 is 5.97 Å². The minimum atomic E-state index is -1.06. The molecule has 0 saturated carbocycles. The molecule has 0 bridgehead atoms. The third kappa shape index (κ3) is 5.60. The molecule has 0 aliphatic heterocycles. The number of amides is 1. The van der Waals surface area contributed by atoms with E-state index in [-0.39, 0.29) is 12.5 Å². The Morgan fingerprint density at radius 1 is 1.17 bits per heavy atom. The van der Waals surface area contributed by atoms with E-state index < -0.39 is 5.97 Å². The first kappa shape index (κ1) is 16.8. The quantitative estimate of drug-likeness (QED) is 0.756. The highest BCUT2D eigenvalue weighted by atomic mass is 79.9. The normalized spacial score (nSPS) is 10.5. The van der Waals surface area contributed by atoms with Gasteiger partial charge in [0.2, 0.25) is 0 Å². The van der Waals surface area contributed by atoms with Crippen LogP contribution in [-0.4, -0.2) is 23.6 Å². The Morgan fingerprint density at radius 3 is 2.61 bits per heavy atom. The SMILES string of the molecule is O=C(O)C=Cc1cc(Br)ccc1OCC(=O)Nc1ccccc1. The average molecular weight is 376 g/mol. The lowest BCUT2D eigenvalue weighted by Gasteiger charge is -2.10. The minimum Gasteiger partial charge on any atom is -0.483 e. The van der Waals surface area contributed by atoms with Gasteiger partial charge in [0.05, 0.1) is 0 Å². The number of hydrogen-bond acceptors (Lipinski definition) is 3. The Labute approximate surface area is 141 Å². The standard InChI is InChI=1S/C17H14BrNO4/c18-13-7-8-15(12(10-13)6-9-17(21)22)23-11-16(20)19-14-4-2-1-3-5-14/h1-10H,11H2,(H,19,20)(H,21,22). The molecular weight excluding hydrogens is 362 g/mol. The molecule has 1 amide bonds. The summed E-state index contributed by atoms with van der Waals surface area (Å²) in [7, 11) is 0. The van der Waals surface area contributed by atoms with Crippen molar-refractivity contribution in [2.75, 3.05) is 11.9 Å². The topological polar surface area (TPSA) is 75.6 Å². The largest absolute Gasteiger partial charge is 0.483 e. The van der Waals surface area contributed by atoms with Crippen molar-refractivity contribution in [2.24, 2.45) is 0 Å². The number of carboxylic acids is 1. The Morgan fingerprint density at radius 2 is 1.91 bits per heavy atom. The van der Waals surface area contributed by atoms with Crippen molar-refractivity contribution < 1.29 is 19.4 Å². The van der Waals surface area contributed by atoms with Gasteiger partial charge in [-0.1, -0.05) is 34.1 Å². The fourth-order valence-electron chi connectivity index (χ4n) is 1.80. The second-order valence-electron chi connectivity index (χ2n) is 4.56. The predicted octanol–water partition coefficient (Wildman–Crippen LogP) is 3.56. The van der Waals surface area contributed by atoms with Gasteiger partial charge in [-0.15, -0.1) is 0 Å². The van der Waals surface area contributed by atoms with Crippen LogP contribution in [0.1, 0.15) is 5.56 Å². The molecule has 2 aromatic carbocycles. The first-order valence-corrected chi connectivity index (χ1v) is 7.52. The average Bonchev–Trinajstić information content (AvgIpc) is 2.53. The fraction of sp³-hybridized carbons (Fsp3) is 0.0588. The molecule has 2 aromatic rings. The van der Waals surface area contributed by atoms with Gasteiger partial charge in [0.15, 0.2) is 6.61 Å². The number of nitrogens with one attached hydrogen (secondary N) is 1. The molecule has 0 aromatic heterocycles. The molecule has 0 aliphatic carbocycles. The van der Waals surface area contributed by atoms with Crippen LogP contribution in [0.15, 0.2) is 59.1 Å². The summed E-state index contributed by atoms with van der Waals surface area (Å²) in [6.07, 6.45) is 2.43. The second kappa shape index (κ2) is 8.14. The van der Waals surface area contributed by atoms with Crippen molar-refractivity contribution in [1.82, 2.24) is 0 Å². The Kier molecular flexibility index (Phi) is 5.94. The molecule has 0 radical (unpaired) electrons. The maximum absolute atomic E-state index is 11.9. The molecule has 2 rings (SSSR count). The van der Waals surface area contributed by atoms with Crippen molar-refractivity contribution >= 4 is 39.6 Å². The van der Waals surface area contributed by atoms with E-state index >= 15 is 0 Å². The fourth-order valence-corrected chi connectivity index (χ4v) is 2.18. The van der Waals surface area contributed by atoms with Crippen LogP contribution in [0, 0.1) is 0 Å². The summed E-state index contributed by atoms with van der Waals surface area (Å²) in [4.78, 5) is 22.5. The van der Waals surface area contributed by atoms with Crippen molar-refractivity contribution in [1.29, 1.82) is 0 Å². The van der Waals surface area contributed by atoms with Gasteiger partial charge in [-0.25, -0.2) is 4.79 Å². The number of carbonyl (C=O) groups excluding carboxylic acids is 1. The molecule has 5 nitrogen and oxygen atoms in total. The summed E-state index contributed by atoms with van der Waals surface area (Å²) in [5.74, 6) is -0.932. The molecule has 0 spiro atoms. The molecule has 118 valence electrons. The number of ether oxygens (including phenoxy) is 1. The second-order valence-corrected chi connectivity index (χ2v) is 5.47. The molecule has 0 fully saturated rings. The monoisotopic (exact) mass is 375 g/mol. The number of anilines is 1. The number of halogens is 1. The van der Waals surface area contributed by atoms with E-state index in [4.69, 9.17) is 9.84 Å². The summed E-state index contributed by atoms with van der Waals surface area (Å²) < 4.78 is 6.26. The number of aliphatic carboxylic acids is 1. The molecule has 0 heterocycles. The van der Waals surface area contributed by atoms with Crippen LogP contribution in [0.5, 0.6) is 5.75 Å². The van der Waals surface area contributed by atoms with Crippen molar-refractivity contribution in [2.45, 2.75) is 0 Å². The van der Waals surface area contributed by atoms with Gasteiger partial charge in [0, 0.05) is 21.8 Å². The van der Waals surface area contributed by atoms with Crippen LogP contribution in [0.3, 0.4) is 0 Å². The lowest BCUT2D eigenvalue weighted by molar-refractivity contribution is -0.131. The zero-order valence-electron chi connectivity index (χ0n) is 12.0. The summed E-state index contributed by atoms with van der Waals surface area (Å²) in [6.45, 7) is -0.176. The zero-order chi connectivity index (χ0) is 16.7. The van der Waals surface area contributed by atoms with Gasteiger partial charge in [0.1, 0.15) is 5.75 Å². The molecule has 0 saturated heterocycles. The third-order valence-electron chi connectivity index (χ3n) is 2.79. The number of rotatable bonds is 6. The molecule has 0 aliphatic rings. The predicted molar refractivity (Wildman–Crippen MR) is 91.4 cm³/mol. The van der Waals surface area contributed by atoms with Gasteiger partial charge < -0.3 is 15.2 Å².